The molecule has 0 spiro atoms. The lowest BCUT2D eigenvalue weighted by atomic mass is 10.0. The average molecular weight is 236 g/mol. The fourth-order valence-corrected chi connectivity index (χ4v) is 1.37. The molecule has 0 saturated heterocycles. The van der Waals surface area contributed by atoms with Gasteiger partial charge in [-0.2, -0.15) is 0 Å². The number of methoxy groups -OCH3 is 2. The molecule has 0 aliphatic heterocycles. The van der Waals surface area contributed by atoms with Crippen LogP contribution in [-0.2, 0) is 4.79 Å². The largest absolute Gasteiger partial charge is 0.497 e. The van der Waals surface area contributed by atoms with Crippen LogP contribution in [0.15, 0.2) is 18.2 Å². The number of hydrogen-bond donors (Lipinski definition) is 0. The van der Waals surface area contributed by atoms with Crippen LogP contribution in [0.25, 0.3) is 0 Å². The molecule has 1 aromatic carbocycles. The summed E-state index contributed by atoms with van der Waals surface area (Å²) in [5.74, 6) is 0.791. The molecule has 0 bridgehead atoms. The predicted molar refractivity (Wildman–Crippen MR) is 63.8 cm³/mol. The van der Waals surface area contributed by atoms with Gasteiger partial charge in [0.25, 0.3) is 0 Å². The maximum Gasteiger partial charge on any atom is 0.170 e. The normalized spacial score (nSPS) is 9.82. The molecule has 0 N–H and O–H groups in total. The third-order valence-electron chi connectivity index (χ3n) is 2.43. The van der Waals surface area contributed by atoms with E-state index in [2.05, 4.69) is 0 Å². The van der Waals surface area contributed by atoms with Crippen molar-refractivity contribution in [1.29, 1.82) is 0 Å². The van der Waals surface area contributed by atoms with Gasteiger partial charge in [0.05, 0.1) is 20.6 Å². The Kier molecular flexibility index (Phi) is 4.69. The summed E-state index contributed by atoms with van der Waals surface area (Å²) >= 11 is 0. The summed E-state index contributed by atoms with van der Waals surface area (Å²) in [5, 5.41) is 0. The highest BCUT2D eigenvalue weighted by molar-refractivity contribution is 6.08. The van der Waals surface area contributed by atoms with Crippen molar-refractivity contribution >= 4 is 11.6 Å². The van der Waals surface area contributed by atoms with Crippen LogP contribution in [0.3, 0.4) is 0 Å². The fraction of sp³-hybridized carbons (Fsp3) is 0.385. The van der Waals surface area contributed by atoms with Crippen LogP contribution in [0.2, 0.25) is 0 Å². The zero-order valence-electron chi connectivity index (χ0n) is 10.3. The highest BCUT2D eigenvalue weighted by Gasteiger charge is 2.12. The van der Waals surface area contributed by atoms with Crippen LogP contribution >= 0.6 is 0 Å². The summed E-state index contributed by atoms with van der Waals surface area (Å²) in [5.41, 5.74) is 0.433. The Morgan fingerprint density at radius 1 is 1.06 bits per heavy atom. The lowest BCUT2D eigenvalue weighted by Crippen LogP contribution is -2.07. The smallest absolute Gasteiger partial charge is 0.170 e. The Morgan fingerprint density at radius 2 is 1.59 bits per heavy atom. The second kappa shape index (κ2) is 6.03. The van der Waals surface area contributed by atoms with Gasteiger partial charge >= 0.3 is 0 Å². The molecule has 0 aliphatic rings. The third-order valence-corrected chi connectivity index (χ3v) is 2.43. The van der Waals surface area contributed by atoms with Gasteiger partial charge in [-0.05, 0) is 12.1 Å². The summed E-state index contributed by atoms with van der Waals surface area (Å²) in [7, 11) is 3.03. The summed E-state index contributed by atoms with van der Waals surface area (Å²) < 4.78 is 10.1. The van der Waals surface area contributed by atoms with Crippen LogP contribution in [-0.4, -0.2) is 25.8 Å². The van der Waals surface area contributed by atoms with Gasteiger partial charge in [0.1, 0.15) is 17.3 Å². The van der Waals surface area contributed by atoms with Crippen molar-refractivity contribution in [3.8, 4) is 11.5 Å². The molecule has 0 atom stereocenters. The van der Waals surface area contributed by atoms with Crippen molar-refractivity contribution in [2.45, 2.75) is 19.8 Å². The van der Waals surface area contributed by atoms with E-state index in [0.717, 1.165) is 0 Å². The SMILES string of the molecule is CCC(=O)CC(=O)c1cc(OC)cc(OC)c1. The van der Waals surface area contributed by atoms with E-state index in [1.165, 1.54) is 14.2 Å². The Labute approximate surface area is 101 Å². The predicted octanol–water partition coefficient (Wildman–Crippen LogP) is 2.26. The molecule has 4 nitrogen and oxygen atoms in total. The molecule has 92 valence electrons. The van der Waals surface area contributed by atoms with Crippen molar-refractivity contribution in [3.63, 3.8) is 0 Å². The van der Waals surface area contributed by atoms with Crippen LogP contribution in [0.5, 0.6) is 11.5 Å². The topological polar surface area (TPSA) is 52.6 Å². The molecule has 1 rings (SSSR count). The molecule has 0 aliphatic carbocycles. The van der Waals surface area contributed by atoms with Crippen LogP contribution in [0.1, 0.15) is 30.1 Å². The first-order chi connectivity index (χ1) is 8.10. The Bertz CT molecular complexity index is 401. The number of Topliss-reactive ketones (excluding diaryl/α,β-unsaturated/α-hetero) is 2. The second-order valence-electron chi connectivity index (χ2n) is 3.59. The number of hydrogen-bond acceptors (Lipinski definition) is 4. The summed E-state index contributed by atoms with van der Waals surface area (Å²) in [6.07, 6.45) is 0.291. The van der Waals surface area contributed by atoms with E-state index in [-0.39, 0.29) is 18.0 Å². The van der Waals surface area contributed by atoms with Gasteiger partial charge in [-0.3, -0.25) is 9.59 Å². The van der Waals surface area contributed by atoms with Gasteiger partial charge in [0, 0.05) is 18.1 Å². The van der Waals surface area contributed by atoms with Gasteiger partial charge in [0.15, 0.2) is 5.78 Å². The first kappa shape index (κ1) is 13.2. The maximum atomic E-state index is 11.8. The minimum absolute atomic E-state index is 0.0724. The number of rotatable bonds is 6. The first-order valence-electron chi connectivity index (χ1n) is 5.38. The van der Waals surface area contributed by atoms with Gasteiger partial charge < -0.3 is 9.47 Å². The molecular formula is C13H16O4. The van der Waals surface area contributed by atoms with Crippen molar-refractivity contribution in [3.05, 3.63) is 23.8 Å². The zero-order valence-corrected chi connectivity index (χ0v) is 10.3. The number of carbonyl (C=O) groups is 2. The standard InChI is InChI=1S/C13H16O4/c1-4-10(14)7-13(15)9-5-11(16-2)8-12(6-9)17-3/h5-6,8H,4,7H2,1-3H3. The molecule has 0 radical (unpaired) electrons. The fourth-order valence-electron chi connectivity index (χ4n) is 1.37. The summed E-state index contributed by atoms with van der Waals surface area (Å²) in [4.78, 5) is 23.0. The Hall–Kier alpha value is -1.84. The summed E-state index contributed by atoms with van der Waals surface area (Å²) in [6, 6.07) is 4.89. The van der Waals surface area contributed by atoms with Crippen molar-refractivity contribution < 1.29 is 19.1 Å². The monoisotopic (exact) mass is 236 g/mol. The van der Waals surface area contributed by atoms with Crippen molar-refractivity contribution in [2.75, 3.05) is 14.2 Å². The van der Waals surface area contributed by atoms with E-state index >= 15 is 0 Å². The van der Waals surface area contributed by atoms with E-state index < -0.39 is 0 Å². The van der Waals surface area contributed by atoms with Crippen molar-refractivity contribution in [2.24, 2.45) is 0 Å². The molecule has 0 saturated carbocycles. The molecule has 0 unspecified atom stereocenters. The zero-order chi connectivity index (χ0) is 12.8. The Balaban J connectivity index is 2.96. The van der Waals surface area contributed by atoms with E-state index in [1.54, 1.807) is 25.1 Å². The molecule has 0 heterocycles. The first-order valence-corrected chi connectivity index (χ1v) is 5.38. The number of ketones is 2. The van der Waals surface area contributed by atoms with E-state index in [9.17, 15) is 9.59 Å². The second-order valence-corrected chi connectivity index (χ2v) is 3.59. The van der Waals surface area contributed by atoms with Gasteiger partial charge in [-0.25, -0.2) is 0 Å². The number of carbonyl (C=O) groups excluding carboxylic acids is 2. The highest BCUT2D eigenvalue weighted by atomic mass is 16.5. The number of benzene rings is 1. The maximum absolute atomic E-state index is 11.8. The van der Waals surface area contributed by atoms with Gasteiger partial charge in [-0.1, -0.05) is 6.92 Å². The lowest BCUT2D eigenvalue weighted by molar-refractivity contribution is -0.117. The quantitative estimate of drug-likeness (QED) is 0.561. The van der Waals surface area contributed by atoms with Gasteiger partial charge in [-0.15, -0.1) is 0 Å². The van der Waals surface area contributed by atoms with E-state index in [0.29, 0.717) is 23.5 Å². The van der Waals surface area contributed by atoms with Crippen LogP contribution < -0.4 is 9.47 Å². The molecule has 0 amide bonds. The van der Waals surface area contributed by atoms with Crippen LogP contribution in [0.4, 0.5) is 0 Å². The third kappa shape index (κ3) is 3.59. The highest BCUT2D eigenvalue weighted by Crippen LogP contribution is 2.23. The minimum Gasteiger partial charge on any atom is -0.497 e. The van der Waals surface area contributed by atoms with E-state index in [1.807, 2.05) is 0 Å². The van der Waals surface area contributed by atoms with E-state index in [4.69, 9.17) is 9.47 Å². The average Bonchev–Trinajstić information content (AvgIpc) is 2.37. The summed E-state index contributed by atoms with van der Waals surface area (Å²) in [6.45, 7) is 1.74. The van der Waals surface area contributed by atoms with Gasteiger partial charge in [0.2, 0.25) is 0 Å². The molecule has 0 fully saturated rings. The number of ether oxygens (including phenoxy) is 2. The molecule has 1 aromatic rings. The molecule has 17 heavy (non-hydrogen) atoms. The van der Waals surface area contributed by atoms with Crippen LogP contribution in [0, 0.1) is 0 Å². The molecule has 4 heteroatoms. The van der Waals surface area contributed by atoms with Crippen molar-refractivity contribution in [1.82, 2.24) is 0 Å². The molecule has 0 aromatic heterocycles. The molecular weight excluding hydrogens is 220 g/mol. The Morgan fingerprint density at radius 3 is 2.00 bits per heavy atom. The minimum atomic E-state index is -0.214. The lowest BCUT2D eigenvalue weighted by Gasteiger charge is -2.07.